The summed E-state index contributed by atoms with van der Waals surface area (Å²) in [6.07, 6.45) is 0.303. The highest BCUT2D eigenvalue weighted by Gasteiger charge is 2.28. The zero-order valence-corrected chi connectivity index (χ0v) is 16.0. The van der Waals surface area contributed by atoms with E-state index in [-0.39, 0.29) is 29.0 Å². The molecule has 0 spiro atoms. The van der Waals surface area contributed by atoms with Crippen molar-refractivity contribution in [1.29, 1.82) is 0 Å². The number of aromatic nitrogens is 1. The van der Waals surface area contributed by atoms with Gasteiger partial charge in [-0.25, -0.2) is 4.39 Å². The summed E-state index contributed by atoms with van der Waals surface area (Å²) < 4.78 is 20.8. The summed E-state index contributed by atoms with van der Waals surface area (Å²) >= 11 is 0. The molecule has 1 amide bonds. The Hall–Kier alpha value is -2.47. The van der Waals surface area contributed by atoms with Gasteiger partial charge in [0.05, 0.1) is 12.7 Å². The number of hydrogen-bond acceptors (Lipinski definition) is 3. The van der Waals surface area contributed by atoms with Crippen LogP contribution >= 0.6 is 0 Å². The number of aryl methyl sites for hydroxylation is 2. The molecule has 144 valence electrons. The van der Waals surface area contributed by atoms with Crippen LogP contribution < -0.4 is 5.56 Å². The van der Waals surface area contributed by atoms with Crippen LogP contribution in [0.25, 0.3) is 0 Å². The van der Waals surface area contributed by atoms with E-state index < -0.39 is 0 Å². The standard InChI is InChI=1S/C21H25FN2O3/c1-4-24-15(3)10-14(2)19(21(24)26)20(25)23-8-9-27-18(13-23)12-16-6-5-7-17(22)11-16/h5-7,10-11,18H,4,8-9,12-13H2,1-3H3. The Morgan fingerprint density at radius 3 is 2.78 bits per heavy atom. The molecule has 6 heteroatoms. The second-order valence-corrected chi connectivity index (χ2v) is 6.97. The lowest BCUT2D eigenvalue weighted by Crippen LogP contribution is -2.48. The van der Waals surface area contributed by atoms with Gasteiger partial charge >= 0.3 is 0 Å². The van der Waals surface area contributed by atoms with Crippen molar-refractivity contribution in [3.63, 3.8) is 0 Å². The van der Waals surface area contributed by atoms with Crippen LogP contribution in [0.1, 0.15) is 34.1 Å². The largest absolute Gasteiger partial charge is 0.374 e. The number of halogens is 1. The van der Waals surface area contributed by atoms with Gasteiger partial charge in [0.15, 0.2) is 0 Å². The Morgan fingerprint density at radius 1 is 1.30 bits per heavy atom. The van der Waals surface area contributed by atoms with Crippen LogP contribution in [0.5, 0.6) is 0 Å². The Morgan fingerprint density at radius 2 is 2.07 bits per heavy atom. The van der Waals surface area contributed by atoms with E-state index >= 15 is 0 Å². The van der Waals surface area contributed by atoms with E-state index in [2.05, 4.69) is 0 Å². The van der Waals surface area contributed by atoms with Gasteiger partial charge in [0.25, 0.3) is 11.5 Å². The van der Waals surface area contributed by atoms with Crippen LogP contribution in [-0.2, 0) is 17.7 Å². The number of pyridine rings is 1. The van der Waals surface area contributed by atoms with Gasteiger partial charge in [0.2, 0.25) is 0 Å². The van der Waals surface area contributed by atoms with Gasteiger partial charge in [0.1, 0.15) is 11.4 Å². The lowest BCUT2D eigenvalue weighted by Gasteiger charge is -2.33. The van der Waals surface area contributed by atoms with Gasteiger partial charge < -0.3 is 14.2 Å². The topological polar surface area (TPSA) is 51.5 Å². The summed E-state index contributed by atoms with van der Waals surface area (Å²) in [7, 11) is 0. The maximum atomic E-state index is 13.4. The number of nitrogens with zero attached hydrogens (tertiary/aromatic N) is 2. The Bertz CT molecular complexity index is 907. The fourth-order valence-corrected chi connectivity index (χ4v) is 3.69. The van der Waals surface area contributed by atoms with Crippen LogP contribution in [0, 0.1) is 19.7 Å². The fraction of sp³-hybridized carbons (Fsp3) is 0.429. The summed E-state index contributed by atoms with van der Waals surface area (Å²) in [5.41, 5.74) is 2.36. The van der Waals surface area contributed by atoms with E-state index in [4.69, 9.17) is 4.74 Å². The molecule has 0 N–H and O–H groups in total. The van der Waals surface area contributed by atoms with Crippen molar-refractivity contribution in [3.8, 4) is 0 Å². The van der Waals surface area contributed by atoms with Crippen LogP contribution in [-0.4, -0.2) is 41.2 Å². The van der Waals surface area contributed by atoms with Crippen molar-refractivity contribution in [2.75, 3.05) is 19.7 Å². The maximum absolute atomic E-state index is 13.4. The highest BCUT2D eigenvalue weighted by atomic mass is 19.1. The molecule has 0 saturated carbocycles. The molecule has 1 fully saturated rings. The molecule has 1 aromatic heterocycles. The van der Waals surface area contributed by atoms with E-state index in [1.54, 1.807) is 22.5 Å². The number of benzene rings is 1. The average Bonchev–Trinajstić information content (AvgIpc) is 2.62. The number of ether oxygens (including phenoxy) is 1. The average molecular weight is 372 g/mol. The molecule has 1 unspecified atom stereocenters. The second kappa shape index (κ2) is 8.05. The highest BCUT2D eigenvalue weighted by Crippen LogP contribution is 2.16. The molecule has 0 aliphatic carbocycles. The lowest BCUT2D eigenvalue weighted by atomic mass is 10.0. The van der Waals surface area contributed by atoms with E-state index in [0.29, 0.717) is 38.2 Å². The van der Waals surface area contributed by atoms with Gasteiger partial charge in [0, 0.05) is 31.7 Å². The molecular weight excluding hydrogens is 347 g/mol. The van der Waals surface area contributed by atoms with Crippen LogP contribution in [0.3, 0.4) is 0 Å². The number of carbonyl (C=O) groups excluding carboxylic acids is 1. The molecule has 0 radical (unpaired) electrons. The third-order valence-electron chi connectivity index (χ3n) is 5.01. The van der Waals surface area contributed by atoms with Crippen molar-refractivity contribution in [2.45, 2.75) is 39.8 Å². The van der Waals surface area contributed by atoms with Gasteiger partial charge in [-0.1, -0.05) is 12.1 Å². The second-order valence-electron chi connectivity index (χ2n) is 6.97. The number of carbonyl (C=O) groups is 1. The van der Waals surface area contributed by atoms with E-state index in [0.717, 1.165) is 11.3 Å². The molecule has 1 saturated heterocycles. The minimum absolute atomic E-state index is 0.219. The zero-order valence-electron chi connectivity index (χ0n) is 16.0. The molecule has 1 atom stereocenters. The van der Waals surface area contributed by atoms with Gasteiger partial charge in [-0.2, -0.15) is 0 Å². The monoisotopic (exact) mass is 372 g/mol. The Balaban J connectivity index is 1.80. The first-order chi connectivity index (χ1) is 12.9. The first kappa shape index (κ1) is 19.3. The van der Waals surface area contributed by atoms with Crippen molar-refractivity contribution in [1.82, 2.24) is 9.47 Å². The van der Waals surface area contributed by atoms with Crippen LogP contribution in [0.2, 0.25) is 0 Å². The van der Waals surface area contributed by atoms with E-state index in [1.165, 1.54) is 12.1 Å². The summed E-state index contributed by atoms with van der Waals surface area (Å²) in [4.78, 5) is 27.5. The number of hydrogen-bond donors (Lipinski definition) is 0. The molecule has 0 bridgehead atoms. The quantitative estimate of drug-likeness (QED) is 0.829. The predicted octanol–water partition coefficient (Wildman–Crippen LogP) is 2.71. The number of amides is 1. The van der Waals surface area contributed by atoms with Gasteiger partial charge in [-0.05, 0) is 50.1 Å². The third-order valence-corrected chi connectivity index (χ3v) is 5.01. The van der Waals surface area contributed by atoms with Crippen LogP contribution in [0.15, 0.2) is 35.1 Å². The first-order valence-corrected chi connectivity index (χ1v) is 9.27. The van der Waals surface area contributed by atoms with Crippen molar-refractivity contribution < 1.29 is 13.9 Å². The van der Waals surface area contributed by atoms with Gasteiger partial charge in [-0.3, -0.25) is 9.59 Å². The summed E-state index contributed by atoms with van der Waals surface area (Å²) in [5, 5.41) is 0. The lowest BCUT2D eigenvalue weighted by molar-refractivity contribution is -0.0209. The van der Waals surface area contributed by atoms with Gasteiger partial charge in [-0.15, -0.1) is 0 Å². The Labute approximate surface area is 158 Å². The maximum Gasteiger partial charge on any atom is 0.263 e. The molecule has 1 aliphatic heterocycles. The fourth-order valence-electron chi connectivity index (χ4n) is 3.69. The van der Waals surface area contributed by atoms with Crippen molar-refractivity contribution >= 4 is 5.91 Å². The zero-order chi connectivity index (χ0) is 19.6. The molecule has 1 aliphatic rings. The van der Waals surface area contributed by atoms with Crippen molar-refractivity contribution in [2.24, 2.45) is 0 Å². The molecule has 1 aromatic carbocycles. The highest BCUT2D eigenvalue weighted by molar-refractivity contribution is 5.95. The summed E-state index contributed by atoms with van der Waals surface area (Å²) in [6.45, 7) is 7.31. The molecular formula is C21H25FN2O3. The number of morpholine rings is 1. The number of rotatable bonds is 4. The molecule has 5 nitrogen and oxygen atoms in total. The van der Waals surface area contributed by atoms with E-state index in [9.17, 15) is 14.0 Å². The van der Waals surface area contributed by atoms with E-state index in [1.807, 2.05) is 26.0 Å². The minimum atomic E-state index is -0.286. The molecule has 2 aromatic rings. The summed E-state index contributed by atoms with van der Waals surface area (Å²) in [6, 6.07) is 8.27. The smallest absolute Gasteiger partial charge is 0.263 e. The SMILES string of the molecule is CCn1c(C)cc(C)c(C(=O)N2CCOC(Cc3cccc(F)c3)C2)c1=O. The normalized spacial score (nSPS) is 17.2. The summed E-state index contributed by atoms with van der Waals surface area (Å²) in [5.74, 6) is -0.543. The predicted molar refractivity (Wildman–Crippen MR) is 102 cm³/mol. The molecule has 2 heterocycles. The third kappa shape index (κ3) is 4.11. The molecule has 3 rings (SSSR count). The van der Waals surface area contributed by atoms with Crippen molar-refractivity contribution in [3.05, 3.63) is 68.9 Å². The first-order valence-electron chi connectivity index (χ1n) is 9.27. The van der Waals surface area contributed by atoms with Crippen LogP contribution in [0.4, 0.5) is 4.39 Å². The minimum Gasteiger partial charge on any atom is -0.374 e. The Kier molecular flexibility index (Phi) is 5.75. The molecule has 27 heavy (non-hydrogen) atoms.